The average Bonchev–Trinajstić information content (AvgIpc) is 2.99. The summed E-state index contributed by atoms with van der Waals surface area (Å²) in [5.41, 5.74) is 0.770. The molecule has 1 amide bonds. The number of aromatic nitrogens is 3. The Morgan fingerprint density at radius 1 is 1.35 bits per heavy atom. The normalized spacial score (nSPS) is 11.3. The van der Waals surface area contributed by atoms with Gasteiger partial charge in [-0.05, 0) is 24.3 Å². The van der Waals surface area contributed by atoms with Gasteiger partial charge in [0.25, 0.3) is 0 Å². The number of nitrogens with one attached hydrogen (secondary N) is 2. The molecule has 23 heavy (non-hydrogen) atoms. The van der Waals surface area contributed by atoms with Gasteiger partial charge in [-0.1, -0.05) is 11.8 Å². The van der Waals surface area contributed by atoms with Crippen LogP contribution in [0.4, 0.5) is 13.2 Å². The van der Waals surface area contributed by atoms with Crippen molar-refractivity contribution >= 4 is 17.7 Å². The summed E-state index contributed by atoms with van der Waals surface area (Å²) in [6, 6.07) is 7.08. The second-order valence-electron chi connectivity index (χ2n) is 4.38. The van der Waals surface area contributed by atoms with E-state index in [2.05, 4.69) is 15.2 Å². The van der Waals surface area contributed by atoms with Crippen LogP contribution in [0.2, 0.25) is 0 Å². The molecule has 0 radical (unpaired) electrons. The van der Waals surface area contributed by atoms with Crippen LogP contribution < -0.4 is 10.1 Å². The van der Waals surface area contributed by atoms with Gasteiger partial charge in [0, 0.05) is 5.56 Å². The Hall–Kier alpha value is -2.23. The molecular weight excluding hydrogens is 333 g/mol. The van der Waals surface area contributed by atoms with E-state index in [1.807, 2.05) is 0 Å². The fraction of sp³-hybridized carbons (Fsp3) is 0.308. The highest BCUT2D eigenvalue weighted by Crippen LogP contribution is 2.21. The van der Waals surface area contributed by atoms with Gasteiger partial charge in [0.05, 0.1) is 12.9 Å². The second kappa shape index (κ2) is 7.36. The summed E-state index contributed by atoms with van der Waals surface area (Å²) in [5, 5.41) is 8.67. The third-order valence-corrected chi connectivity index (χ3v) is 3.49. The molecule has 0 saturated carbocycles. The highest BCUT2D eigenvalue weighted by molar-refractivity contribution is 7.99. The summed E-state index contributed by atoms with van der Waals surface area (Å²) in [7, 11) is 1.56. The van der Waals surface area contributed by atoms with Gasteiger partial charge >= 0.3 is 6.18 Å². The molecule has 10 heteroatoms. The topological polar surface area (TPSA) is 79.9 Å². The number of halogens is 3. The number of H-pyrrole nitrogens is 1. The molecule has 124 valence electrons. The quantitative estimate of drug-likeness (QED) is 0.784. The minimum atomic E-state index is -4.42. The maximum absolute atomic E-state index is 12.0. The lowest BCUT2D eigenvalue weighted by Crippen LogP contribution is -2.34. The summed E-state index contributed by atoms with van der Waals surface area (Å²) >= 11 is 0.945. The SMILES string of the molecule is COc1ccc(-c2nc(SCC(=O)NCC(F)(F)F)n[nH]2)cc1. The molecule has 0 saturated heterocycles. The van der Waals surface area contributed by atoms with Crippen molar-refractivity contribution < 1.29 is 22.7 Å². The molecule has 0 atom stereocenters. The number of methoxy groups -OCH3 is 1. The van der Waals surface area contributed by atoms with Crippen molar-refractivity contribution in [2.75, 3.05) is 19.4 Å². The minimum absolute atomic E-state index is 0.198. The molecular formula is C13H13F3N4O2S. The van der Waals surface area contributed by atoms with Gasteiger partial charge in [-0.15, -0.1) is 5.10 Å². The predicted molar refractivity (Wildman–Crippen MR) is 78.2 cm³/mol. The predicted octanol–water partition coefficient (Wildman–Crippen LogP) is 2.25. The maximum atomic E-state index is 12.0. The van der Waals surface area contributed by atoms with Crippen LogP contribution in [0.1, 0.15) is 0 Å². The second-order valence-corrected chi connectivity index (χ2v) is 5.32. The Morgan fingerprint density at radius 2 is 2.04 bits per heavy atom. The number of rotatable bonds is 6. The molecule has 1 aromatic heterocycles. The molecule has 1 heterocycles. The van der Waals surface area contributed by atoms with E-state index in [0.29, 0.717) is 11.6 Å². The van der Waals surface area contributed by atoms with Gasteiger partial charge in [-0.2, -0.15) is 13.2 Å². The first-order valence-corrected chi connectivity index (χ1v) is 7.39. The molecule has 2 rings (SSSR count). The molecule has 2 aromatic rings. The van der Waals surface area contributed by atoms with E-state index >= 15 is 0 Å². The van der Waals surface area contributed by atoms with Crippen LogP contribution in [0.15, 0.2) is 29.4 Å². The number of thioether (sulfide) groups is 1. The third-order valence-electron chi connectivity index (χ3n) is 2.65. The van der Waals surface area contributed by atoms with E-state index in [0.717, 1.165) is 17.3 Å². The Labute approximate surface area is 133 Å². The molecule has 2 N–H and O–H groups in total. The smallest absolute Gasteiger partial charge is 0.405 e. The standard InChI is InChI=1S/C13H13F3N4O2S/c1-22-9-4-2-8(3-5-9)11-18-12(20-19-11)23-6-10(21)17-7-13(14,15)16/h2-5H,6-7H2,1H3,(H,17,21)(H,18,19,20). The summed E-state index contributed by atoms with van der Waals surface area (Å²) in [6.45, 7) is -1.35. The van der Waals surface area contributed by atoms with Crippen LogP contribution in [-0.4, -0.2) is 46.7 Å². The Balaban J connectivity index is 1.88. The minimum Gasteiger partial charge on any atom is -0.497 e. The summed E-state index contributed by atoms with van der Waals surface area (Å²) < 4.78 is 40.9. The van der Waals surface area contributed by atoms with E-state index < -0.39 is 18.6 Å². The Morgan fingerprint density at radius 3 is 2.65 bits per heavy atom. The number of aromatic amines is 1. The number of benzene rings is 1. The molecule has 1 aromatic carbocycles. The van der Waals surface area contributed by atoms with Crippen LogP contribution in [0.5, 0.6) is 5.75 Å². The van der Waals surface area contributed by atoms with Crippen LogP contribution >= 0.6 is 11.8 Å². The zero-order chi connectivity index (χ0) is 16.9. The summed E-state index contributed by atoms with van der Waals surface area (Å²) in [4.78, 5) is 15.5. The lowest BCUT2D eigenvalue weighted by molar-refractivity contribution is -0.136. The first-order valence-electron chi connectivity index (χ1n) is 6.40. The van der Waals surface area contributed by atoms with Gasteiger partial charge in [-0.3, -0.25) is 9.89 Å². The zero-order valence-electron chi connectivity index (χ0n) is 12.0. The molecule has 0 bridgehead atoms. The number of carbonyl (C=O) groups is 1. The molecule has 0 aliphatic carbocycles. The summed E-state index contributed by atoms with van der Waals surface area (Å²) in [5.74, 6) is 0.258. The highest BCUT2D eigenvalue weighted by Gasteiger charge is 2.27. The number of hydrogen-bond donors (Lipinski definition) is 2. The lowest BCUT2D eigenvalue weighted by atomic mass is 10.2. The van der Waals surface area contributed by atoms with Gasteiger partial charge in [0.1, 0.15) is 12.3 Å². The molecule has 0 aliphatic rings. The summed E-state index contributed by atoms with van der Waals surface area (Å²) in [6.07, 6.45) is -4.42. The van der Waals surface area contributed by atoms with Crippen LogP contribution in [0, 0.1) is 0 Å². The number of nitrogens with zero attached hydrogens (tertiary/aromatic N) is 2. The maximum Gasteiger partial charge on any atom is 0.405 e. The van der Waals surface area contributed by atoms with Crippen molar-refractivity contribution in [3.05, 3.63) is 24.3 Å². The van der Waals surface area contributed by atoms with E-state index in [1.165, 1.54) is 0 Å². The molecule has 0 fully saturated rings. The van der Waals surface area contributed by atoms with E-state index in [9.17, 15) is 18.0 Å². The molecule has 0 aliphatic heterocycles. The lowest BCUT2D eigenvalue weighted by Gasteiger charge is -2.07. The van der Waals surface area contributed by atoms with Gasteiger partial charge < -0.3 is 10.1 Å². The van der Waals surface area contributed by atoms with Gasteiger partial charge in [0.2, 0.25) is 11.1 Å². The molecule has 0 unspecified atom stereocenters. The fourth-order valence-corrected chi connectivity index (χ4v) is 2.20. The monoisotopic (exact) mass is 346 g/mol. The number of amides is 1. The van der Waals surface area contributed by atoms with Gasteiger partial charge in [0.15, 0.2) is 5.82 Å². The van der Waals surface area contributed by atoms with Crippen LogP contribution in [-0.2, 0) is 4.79 Å². The van der Waals surface area contributed by atoms with Crippen LogP contribution in [0.3, 0.4) is 0 Å². The van der Waals surface area contributed by atoms with Crippen molar-refractivity contribution in [2.45, 2.75) is 11.3 Å². The Bertz CT molecular complexity index is 658. The third kappa shape index (κ3) is 5.47. The van der Waals surface area contributed by atoms with Crippen molar-refractivity contribution in [3.63, 3.8) is 0 Å². The van der Waals surface area contributed by atoms with Crippen LogP contribution in [0.25, 0.3) is 11.4 Å². The first kappa shape index (κ1) is 17.1. The highest BCUT2D eigenvalue weighted by atomic mass is 32.2. The van der Waals surface area contributed by atoms with Crippen molar-refractivity contribution in [1.29, 1.82) is 0 Å². The van der Waals surface area contributed by atoms with E-state index in [1.54, 1.807) is 36.7 Å². The van der Waals surface area contributed by atoms with Crippen molar-refractivity contribution in [3.8, 4) is 17.1 Å². The zero-order valence-corrected chi connectivity index (χ0v) is 12.8. The van der Waals surface area contributed by atoms with E-state index in [-0.39, 0.29) is 10.9 Å². The molecule has 6 nitrogen and oxygen atoms in total. The number of alkyl halides is 3. The Kier molecular flexibility index (Phi) is 5.48. The van der Waals surface area contributed by atoms with Crippen molar-refractivity contribution in [1.82, 2.24) is 20.5 Å². The van der Waals surface area contributed by atoms with Gasteiger partial charge in [-0.25, -0.2) is 4.98 Å². The average molecular weight is 346 g/mol. The number of hydrogen-bond acceptors (Lipinski definition) is 5. The molecule has 0 spiro atoms. The number of carbonyl (C=O) groups excluding carboxylic acids is 1. The number of ether oxygens (including phenoxy) is 1. The first-order chi connectivity index (χ1) is 10.9. The van der Waals surface area contributed by atoms with Crippen molar-refractivity contribution in [2.24, 2.45) is 0 Å². The van der Waals surface area contributed by atoms with E-state index in [4.69, 9.17) is 4.74 Å². The fourth-order valence-electron chi connectivity index (χ4n) is 1.57. The largest absolute Gasteiger partial charge is 0.497 e.